The lowest BCUT2D eigenvalue weighted by Crippen LogP contribution is -2.45. The van der Waals surface area contributed by atoms with E-state index in [1.807, 2.05) is 6.92 Å². The van der Waals surface area contributed by atoms with Crippen molar-refractivity contribution >= 4 is 5.97 Å². The van der Waals surface area contributed by atoms with E-state index in [2.05, 4.69) is 24.1 Å². The fraction of sp³-hybridized carbons (Fsp3) is 0.929. The molecule has 18 heavy (non-hydrogen) atoms. The van der Waals surface area contributed by atoms with Crippen LogP contribution in [0.25, 0.3) is 0 Å². The second-order valence-corrected chi connectivity index (χ2v) is 4.96. The molecule has 0 radical (unpaired) electrons. The summed E-state index contributed by atoms with van der Waals surface area (Å²) < 4.78 is 5.17. The van der Waals surface area contributed by atoms with Gasteiger partial charge in [-0.2, -0.15) is 0 Å². The van der Waals surface area contributed by atoms with Crippen LogP contribution >= 0.6 is 0 Å². The minimum Gasteiger partial charge on any atom is -0.465 e. The normalized spacial score (nSPS) is 18.9. The SMILES string of the molecule is CCOC(=O)C(CC)N(CC)CC1CCNCC1. The molecular formula is C14H28N2O2. The fourth-order valence-corrected chi connectivity index (χ4v) is 2.69. The molecule has 1 heterocycles. The van der Waals surface area contributed by atoms with Gasteiger partial charge in [0, 0.05) is 6.54 Å². The van der Waals surface area contributed by atoms with Crippen molar-refractivity contribution < 1.29 is 9.53 Å². The zero-order valence-electron chi connectivity index (χ0n) is 12.1. The van der Waals surface area contributed by atoms with Crippen LogP contribution in [0.3, 0.4) is 0 Å². The number of hydrogen-bond donors (Lipinski definition) is 1. The van der Waals surface area contributed by atoms with E-state index in [9.17, 15) is 4.79 Å². The lowest BCUT2D eigenvalue weighted by atomic mass is 9.96. The molecule has 0 aromatic heterocycles. The standard InChI is InChI=1S/C14H28N2O2/c1-4-13(14(17)18-6-3)16(5-2)11-12-7-9-15-10-8-12/h12-13,15H,4-11H2,1-3H3. The number of rotatable bonds is 7. The Morgan fingerprint density at radius 3 is 2.50 bits per heavy atom. The second kappa shape index (κ2) is 8.48. The lowest BCUT2D eigenvalue weighted by Gasteiger charge is -2.33. The van der Waals surface area contributed by atoms with Gasteiger partial charge in [0.25, 0.3) is 0 Å². The van der Waals surface area contributed by atoms with Crippen molar-refractivity contribution in [2.24, 2.45) is 5.92 Å². The first-order valence-electron chi connectivity index (χ1n) is 7.34. The minimum absolute atomic E-state index is 0.0595. The monoisotopic (exact) mass is 256 g/mol. The molecule has 4 heteroatoms. The first-order chi connectivity index (χ1) is 8.72. The summed E-state index contributed by atoms with van der Waals surface area (Å²) >= 11 is 0. The Bertz CT molecular complexity index is 240. The maximum absolute atomic E-state index is 11.9. The third-order valence-corrected chi connectivity index (χ3v) is 3.74. The molecule has 0 bridgehead atoms. The molecule has 1 atom stereocenters. The molecular weight excluding hydrogens is 228 g/mol. The highest BCUT2D eigenvalue weighted by Crippen LogP contribution is 2.16. The van der Waals surface area contributed by atoms with Gasteiger partial charge in [0.15, 0.2) is 0 Å². The van der Waals surface area contributed by atoms with Gasteiger partial charge in [0.2, 0.25) is 0 Å². The lowest BCUT2D eigenvalue weighted by molar-refractivity contribution is -0.150. The van der Waals surface area contributed by atoms with E-state index in [-0.39, 0.29) is 12.0 Å². The Balaban J connectivity index is 2.52. The maximum atomic E-state index is 11.9. The Morgan fingerprint density at radius 1 is 1.33 bits per heavy atom. The van der Waals surface area contributed by atoms with E-state index >= 15 is 0 Å². The largest absolute Gasteiger partial charge is 0.465 e. The smallest absolute Gasteiger partial charge is 0.323 e. The van der Waals surface area contributed by atoms with Crippen molar-refractivity contribution in [3.8, 4) is 0 Å². The molecule has 0 amide bonds. The quantitative estimate of drug-likeness (QED) is 0.703. The molecule has 1 N–H and O–H groups in total. The van der Waals surface area contributed by atoms with Crippen LogP contribution in [0.15, 0.2) is 0 Å². The zero-order chi connectivity index (χ0) is 13.4. The Labute approximate surface area is 111 Å². The number of nitrogens with one attached hydrogen (secondary N) is 1. The summed E-state index contributed by atoms with van der Waals surface area (Å²) in [7, 11) is 0. The van der Waals surface area contributed by atoms with Crippen LogP contribution in [0.5, 0.6) is 0 Å². The number of ether oxygens (including phenoxy) is 1. The van der Waals surface area contributed by atoms with Crippen LogP contribution in [-0.4, -0.2) is 49.7 Å². The summed E-state index contributed by atoms with van der Waals surface area (Å²) in [5.41, 5.74) is 0. The highest BCUT2D eigenvalue weighted by molar-refractivity contribution is 5.75. The van der Waals surface area contributed by atoms with E-state index in [1.165, 1.54) is 12.8 Å². The molecule has 4 nitrogen and oxygen atoms in total. The number of likely N-dealkylation sites (N-methyl/N-ethyl adjacent to an activating group) is 1. The topological polar surface area (TPSA) is 41.6 Å². The van der Waals surface area contributed by atoms with Crippen molar-refractivity contribution in [3.63, 3.8) is 0 Å². The molecule has 1 rings (SSSR count). The van der Waals surface area contributed by atoms with Crippen LogP contribution in [-0.2, 0) is 9.53 Å². The molecule has 1 aliphatic rings. The molecule has 1 saturated heterocycles. The number of esters is 1. The van der Waals surface area contributed by atoms with Crippen molar-refractivity contribution in [1.82, 2.24) is 10.2 Å². The number of hydrogen-bond acceptors (Lipinski definition) is 4. The molecule has 0 saturated carbocycles. The van der Waals surface area contributed by atoms with E-state index in [0.717, 1.165) is 38.5 Å². The average Bonchev–Trinajstić information content (AvgIpc) is 2.40. The number of carbonyl (C=O) groups is 1. The number of nitrogens with zero attached hydrogens (tertiary/aromatic N) is 1. The molecule has 0 aliphatic carbocycles. The van der Waals surface area contributed by atoms with E-state index in [0.29, 0.717) is 6.61 Å². The van der Waals surface area contributed by atoms with Gasteiger partial charge in [-0.05, 0) is 51.7 Å². The molecule has 1 fully saturated rings. The molecule has 0 aromatic carbocycles. The van der Waals surface area contributed by atoms with E-state index in [1.54, 1.807) is 0 Å². The van der Waals surface area contributed by atoms with Gasteiger partial charge in [-0.15, -0.1) is 0 Å². The van der Waals surface area contributed by atoms with Crippen molar-refractivity contribution in [2.45, 2.75) is 46.1 Å². The van der Waals surface area contributed by atoms with Gasteiger partial charge in [-0.3, -0.25) is 9.69 Å². The van der Waals surface area contributed by atoms with Gasteiger partial charge in [0.1, 0.15) is 6.04 Å². The van der Waals surface area contributed by atoms with Gasteiger partial charge < -0.3 is 10.1 Å². The molecule has 0 aromatic rings. The summed E-state index contributed by atoms with van der Waals surface area (Å²) in [5.74, 6) is 0.658. The van der Waals surface area contributed by atoms with Gasteiger partial charge in [-0.25, -0.2) is 0 Å². The predicted molar refractivity (Wildman–Crippen MR) is 73.6 cm³/mol. The molecule has 0 spiro atoms. The third-order valence-electron chi connectivity index (χ3n) is 3.74. The maximum Gasteiger partial charge on any atom is 0.323 e. The summed E-state index contributed by atoms with van der Waals surface area (Å²) in [6.45, 7) is 10.7. The van der Waals surface area contributed by atoms with Gasteiger partial charge in [-0.1, -0.05) is 13.8 Å². The van der Waals surface area contributed by atoms with Crippen LogP contribution in [0.1, 0.15) is 40.0 Å². The van der Waals surface area contributed by atoms with E-state index in [4.69, 9.17) is 4.74 Å². The van der Waals surface area contributed by atoms with Crippen molar-refractivity contribution in [2.75, 3.05) is 32.8 Å². The number of piperidine rings is 1. The molecule has 1 aliphatic heterocycles. The van der Waals surface area contributed by atoms with Crippen LogP contribution in [0, 0.1) is 5.92 Å². The highest BCUT2D eigenvalue weighted by atomic mass is 16.5. The predicted octanol–water partition coefficient (Wildman–Crippen LogP) is 1.65. The second-order valence-electron chi connectivity index (χ2n) is 4.96. The first kappa shape index (κ1) is 15.4. The van der Waals surface area contributed by atoms with Crippen LogP contribution in [0.2, 0.25) is 0 Å². The molecule has 106 valence electrons. The number of carbonyl (C=O) groups excluding carboxylic acids is 1. The first-order valence-corrected chi connectivity index (χ1v) is 7.34. The van der Waals surface area contributed by atoms with Gasteiger partial charge >= 0.3 is 5.97 Å². The summed E-state index contributed by atoms with van der Waals surface area (Å²) in [5, 5.41) is 3.38. The van der Waals surface area contributed by atoms with E-state index < -0.39 is 0 Å². The fourth-order valence-electron chi connectivity index (χ4n) is 2.69. The zero-order valence-corrected chi connectivity index (χ0v) is 12.1. The highest BCUT2D eigenvalue weighted by Gasteiger charge is 2.26. The van der Waals surface area contributed by atoms with Crippen LogP contribution < -0.4 is 5.32 Å². The summed E-state index contributed by atoms with van der Waals surface area (Å²) in [4.78, 5) is 14.2. The Hall–Kier alpha value is -0.610. The average molecular weight is 256 g/mol. The van der Waals surface area contributed by atoms with Crippen molar-refractivity contribution in [3.05, 3.63) is 0 Å². The Kier molecular flexibility index (Phi) is 7.28. The van der Waals surface area contributed by atoms with Crippen molar-refractivity contribution in [1.29, 1.82) is 0 Å². The third kappa shape index (κ3) is 4.58. The van der Waals surface area contributed by atoms with Gasteiger partial charge in [0.05, 0.1) is 6.61 Å². The molecule has 1 unspecified atom stereocenters. The van der Waals surface area contributed by atoms with Crippen LogP contribution in [0.4, 0.5) is 0 Å². The Morgan fingerprint density at radius 2 is 2.00 bits per heavy atom. The summed E-state index contributed by atoms with van der Waals surface area (Å²) in [6, 6.07) is -0.0650. The summed E-state index contributed by atoms with van der Waals surface area (Å²) in [6.07, 6.45) is 3.27. The minimum atomic E-state index is -0.0650.